The predicted octanol–water partition coefficient (Wildman–Crippen LogP) is 4.43. The molecular formula is C22H22F3N3O4. The molecule has 0 fully saturated rings. The lowest BCUT2D eigenvalue weighted by atomic mass is 10.1. The zero-order valence-electron chi connectivity index (χ0n) is 17.2. The fraction of sp³-hybridized carbons (Fsp3) is 0.273. The molecule has 7 nitrogen and oxygen atoms in total. The molecule has 0 bridgehead atoms. The van der Waals surface area contributed by atoms with E-state index in [4.69, 9.17) is 14.4 Å². The van der Waals surface area contributed by atoms with Crippen LogP contribution in [0.3, 0.4) is 0 Å². The van der Waals surface area contributed by atoms with E-state index in [1.807, 2.05) is 42.5 Å². The number of aliphatic carboxylic acids is 1. The number of carbonyl (C=O) groups is 2. The van der Waals surface area contributed by atoms with Crippen LogP contribution in [0, 0.1) is 6.92 Å². The average Bonchev–Trinajstić information content (AvgIpc) is 3.16. The minimum atomic E-state index is -5.08. The van der Waals surface area contributed by atoms with Crippen molar-refractivity contribution < 1.29 is 32.4 Å². The smallest absolute Gasteiger partial charge is 0.475 e. The fourth-order valence-electron chi connectivity index (χ4n) is 2.72. The highest BCUT2D eigenvalue weighted by Crippen LogP contribution is 2.25. The second-order valence-corrected chi connectivity index (χ2v) is 6.71. The van der Waals surface area contributed by atoms with Gasteiger partial charge in [0.1, 0.15) is 5.56 Å². The number of aryl methyl sites for hydroxylation is 2. The van der Waals surface area contributed by atoms with Gasteiger partial charge in [0.05, 0.1) is 5.69 Å². The highest BCUT2D eigenvalue weighted by Gasteiger charge is 2.38. The molecule has 2 N–H and O–H groups in total. The number of hydrogen-bond donors (Lipinski definition) is 2. The van der Waals surface area contributed by atoms with Gasteiger partial charge in [0.2, 0.25) is 0 Å². The van der Waals surface area contributed by atoms with Gasteiger partial charge >= 0.3 is 12.1 Å². The number of carboxylic acids is 1. The molecule has 0 unspecified atom stereocenters. The number of unbranched alkanes of at least 4 members (excludes halogenated alkanes) is 1. The number of carbonyl (C=O) groups excluding carboxylic acids is 1. The number of rotatable bonds is 7. The van der Waals surface area contributed by atoms with E-state index >= 15 is 0 Å². The Kier molecular flexibility index (Phi) is 8.94. The van der Waals surface area contributed by atoms with Crippen molar-refractivity contribution in [3.8, 4) is 11.3 Å². The monoisotopic (exact) mass is 449 g/mol. The lowest BCUT2D eigenvalue weighted by Gasteiger charge is -2.06. The summed E-state index contributed by atoms with van der Waals surface area (Å²) < 4.78 is 37.1. The lowest BCUT2D eigenvalue weighted by Crippen LogP contribution is -2.25. The predicted molar refractivity (Wildman–Crippen MR) is 110 cm³/mol. The number of nitrogens with zero attached hydrogens (tertiary/aromatic N) is 2. The van der Waals surface area contributed by atoms with Gasteiger partial charge in [-0.3, -0.25) is 9.78 Å². The van der Waals surface area contributed by atoms with Crippen LogP contribution in [-0.2, 0) is 11.2 Å². The molecular weight excluding hydrogens is 427 g/mol. The van der Waals surface area contributed by atoms with Crippen LogP contribution in [0.1, 0.15) is 34.5 Å². The molecule has 0 saturated carbocycles. The van der Waals surface area contributed by atoms with Crippen molar-refractivity contribution in [1.29, 1.82) is 0 Å². The number of alkyl halides is 3. The number of pyridine rings is 1. The summed E-state index contributed by atoms with van der Waals surface area (Å²) >= 11 is 0. The number of amides is 1. The Labute approximate surface area is 182 Å². The van der Waals surface area contributed by atoms with Gasteiger partial charge in [0.15, 0.2) is 5.76 Å². The van der Waals surface area contributed by atoms with Crippen LogP contribution in [-0.4, -0.2) is 39.8 Å². The summed E-state index contributed by atoms with van der Waals surface area (Å²) in [5, 5.41) is 14.1. The number of nitrogens with one attached hydrogen (secondary N) is 1. The number of halogens is 3. The van der Waals surface area contributed by atoms with Gasteiger partial charge in [-0.1, -0.05) is 35.5 Å². The Balaban J connectivity index is 0.000000451. The van der Waals surface area contributed by atoms with Gasteiger partial charge in [-0.05, 0) is 43.9 Å². The molecule has 2 aromatic heterocycles. The fourth-order valence-corrected chi connectivity index (χ4v) is 2.72. The van der Waals surface area contributed by atoms with Gasteiger partial charge in [-0.15, -0.1) is 0 Å². The van der Waals surface area contributed by atoms with E-state index in [2.05, 4.69) is 15.5 Å². The maximum Gasteiger partial charge on any atom is 0.490 e. The summed E-state index contributed by atoms with van der Waals surface area (Å²) in [4.78, 5) is 25.4. The van der Waals surface area contributed by atoms with Crippen LogP contribution in [0.5, 0.6) is 0 Å². The number of benzene rings is 1. The van der Waals surface area contributed by atoms with E-state index in [-0.39, 0.29) is 5.91 Å². The Morgan fingerprint density at radius 2 is 1.69 bits per heavy atom. The molecule has 3 aromatic rings. The summed E-state index contributed by atoms with van der Waals surface area (Å²) in [6.45, 7) is 2.41. The van der Waals surface area contributed by atoms with Crippen molar-refractivity contribution in [3.63, 3.8) is 0 Å². The number of aromatic nitrogens is 2. The minimum Gasteiger partial charge on any atom is -0.475 e. The largest absolute Gasteiger partial charge is 0.490 e. The van der Waals surface area contributed by atoms with Crippen molar-refractivity contribution in [1.82, 2.24) is 15.5 Å². The molecule has 3 rings (SSSR count). The zero-order valence-corrected chi connectivity index (χ0v) is 17.2. The summed E-state index contributed by atoms with van der Waals surface area (Å²) in [5.41, 5.74) is 3.24. The quantitative estimate of drug-likeness (QED) is 0.517. The molecule has 0 aliphatic heterocycles. The molecule has 32 heavy (non-hydrogen) atoms. The molecule has 0 radical (unpaired) electrons. The van der Waals surface area contributed by atoms with E-state index in [0.29, 0.717) is 23.6 Å². The van der Waals surface area contributed by atoms with E-state index in [0.717, 1.165) is 24.8 Å². The second kappa shape index (κ2) is 11.6. The third-order valence-electron chi connectivity index (χ3n) is 4.30. The van der Waals surface area contributed by atoms with Crippen molar-refractivity contribution in [2.24, 2.45) is 0 Å². The van der Waals surface area contributed by atoms with Crippen LogP contribution < -0.4 is 5.32 Å². The first kappa shape index (κ1) is 24.6. The van der Waals surface area contributed by atoms with E-state index in [1.165, 1.54) is 5.56 Å². The summed E-state index contributed by atoms with van der Waals surface area (Å²) in [7, 11) is 0. The molecule has 2 heterocycles. The second-order valence-electron chi connectivity index (χ2n) is 6.71. The SMILES string of the molecule is Cc1noc(-c2ccccc2)c1C(=O)NCCCCc1ccncc1.O=C(O)C(F)(F)F. The molecule has 0 aliphatic carbocycles. The Hall–Kier alpha value is -3.69. The normalized spacial score (nSPS) is 10.8. The van der Waals surface area contributed by atoms with Crippen LogP contribution in [0.25, 0.3) is 11.3 Å². The molecule has 0 atom stereocenters. The van der Waals surface area contributed by atoms with E-state index in [1.54, 1.807) is 19.3 Å². The lowest BCUT2D eigenvalue weighted by molar-refractivity contribution is -0.192. The van der Waals surface area contributed by atoms with Crippen LogP contribution in [0.15, 0.2) is 59.4 Å². The maximum absolute atomic E-state index is 12.5. The third kappa shape index (κ3) is 7.53. The molecule has 0 aliphatic rings. The topological polar surface area (TPSA) is 105 Å². The summed E-state index contributed by atoms with van der Waals surface area (Å²) in [6, 6.07) is 13.6. The third-order valence-corrected chi connectivity index (χ3v) is 4.30. The first-order valence-electron chi connectivity index (χ1n) is 9.69. The van der Waals surface area contributed by atoms with Crippen LogP contribution in [0.2, 0.25) is 0 Å². The van der Waals surface area contributed by atoms with Crippen LogP contribution in [0.4, 0.5) is 13.2 Å². The Bertz CT molecular complexity index is 1010. The summed E-state index contributed by atoms with van der Waals surface area (Å²) in [5.74, 6) is -2.37. The van der Waals surface area contributed by atoms with Crippen molar-refractivity contribution in [3.05, 3.63) is 71.7 Å². The Morgan fingerprint density at radius 3 is 2.28 bits per heavy atom. The van der Waals surface area contributed by atoms with Crippen molar-refractivity contribution >= 4 is 11.9 Å². The highest BCUT2D eigenvalue weighted by atomic mass is 19.4. The van der Waals surface area contributed by atoms with Gasteiger partial charge < -0.3 is 14.9 Å². The molecule has 0 saturated heterocycles. The summed E-state index contributed by atoms with van der Waals surface area (Å²) in [6.07, 6.45) is 1.44. The Morgan fingerprint density at radius 1 is 1.06 bits per heavy atom. The van der Waals surface area contributed by atoms with Crippen molar-refractivity contribution in [2.75, 3.05) is 6.54 Å². The van der Waals surface area contributed by atoms with Gasteiger partial charge in [0, 0.05) is 24.5 Å². The minimum absolute atomic E-state index is 0.137. The number of carboxylic acid groups (broad SMARTS) is 1. The molecule has 170 valence electrons. The zero-order chi connectivity index (χ0) is 23.6. The average molecular weight is 449 g/mol. The first-order valence-corrected chi connectivity index (χ1v) is 9.69. The first-order chi connectivity index (χ1) is 15.2. The van der Waals surface area contributed by atoms with Gasteiger partial charge in [-0.25, -0.2) is 4.79 Å². The molecule has 10 heteroatoms. The van der Waals surface area contributed by atoms with Crippen LogP contribution >= 0.6 is 0 Å². The highest BCUT2D eigenvalue weighted by molar-refractivity contribution is 6.00. The van der Waals surface area contributed by atoms with E-state index < -0.39 is 12.1 Å². The van der Waals surface area contributed by atoms with E-state index in [9.17, 15) is 18.0 Å². The number of hydrogen-bond acceptors (Lipinski definition) is 5. The van der Waals surface area contributed by atoms with Gasteiger partial charge in [-0.2, -0.15) is 13.2 Å². The standard InChI is InChI=1S/C20H21N3O2.C2HF3O2/c1-15-18(19(25-23-15)17-8-3-2-4-9-17)20(24)22-12-6-5-7-16-10-13-21-14-11-16;3-2(4,5)1(6)7/h2-4,8-11,13-14H,5-7,12H2,1H3,(H,22,24);(H,6,7). The maximum atomic E-state index is 12.5. The molecule has 1 aromatic carbocycles. The van der Waals surface area contributed by atoms with Crippen molar-refractivity contribution in [2.45, 2.75) is 32.4 Å². The molecule has 1 amide bonds. The molecule has 0 spiro atoms. The van der Waals surface area contributed by atoms with Gasteiger partial charge in [0.25, 0.3) is 5.91 Å².